The lowest BCUT2D eigenvalue weighted by Gasteiger charge is -2.26. The lowest BCUT2D eigenvalue weighted by Crippen LogP contribution is -2.23. The SMILES string of the molecule is CC1CCCC(OCC(=O)Cl)C1. The van der Waals surface area contributed by atoms with Gasteiger partial charge in [0.1, 0.15) is 6.61 Å². The molecule has 0 saturated heterocycles. The Bertz CT molecular complexity index is 159. The van der Waals surface area contributed by atoms with Crippen molar-refractivity contribution < 1.29 is 9.53 Å². The number of rotatable bonds is 3. The van der Waals surface area contributed by atoms with Crippen molar-refractivity contribution in [2.24, 2.45) is 5.92 Å². The summed E-state index contributed by atoms with van der Waals surface area (Å²) in [5.74, 6) is 0.731. The maximum atomic E-state index is 10.4. The van der Waals surface area contributed by atoms with Gasteiger partial charge in [-0.3, -0.25) is 4.79 Å². The van der Waals surface area contributed by atoms with Crippen LogP contribution in [0, 0.1) is 5.92 Å². The summed E-state index contributed by atoms with van der Waals surface area (Å²) in [5.41, 5.74) is 0. The standard InChI is InChI=1S/C9H15ClO2/c1-7-3-2-4-8(5-7)12-6-9(10)11/h7-8H,2-6H2,1H3. The molecule has 0 N–H and O–H groups in total. The molecule has 0 spiro atoms. The lowest BCUT2D eigenvalue weighted by molar-refractivity contribution is -0.118. The summed E-state index contributed by atoms with van der Waals surface area (Å²) < 4.78 is 5.33. The maximum Gasteiger partial charge on any atom is 0.247 e. The third kappa shape index (κ3) is 3.55. The van der Waals surface area contributed by atoms with Crippen LogP contribution in [0.25, 0.3) is 0 Å². The fourth-order valence-electron chi connectivity index (χ4n) is 1.71. The first-order valence-electron chi connectivity index (χ1n) is 4.48. The Balaban J connectivity index is 2.18. The Kier molecular flexibility index (Phi) is 4.02. The quantitative estimate of drug-likeness (QED) is 0.639. The number of halogens is 1. The van der Waals surface area contributed by atoms with Crippen molar-refractivity contribution in [1.82, 2.24) is 0 Å². The maximum absolute atomic E-state index is 10.4. The summed E-state index contributed by atoms with van der Waals surface area (Å²) in [6.45, 7) is 2.29. The second-order valence-electron chi connectivity index (χ2n) is 3.56. The molecule has 0 aromatic rings. The molecule has 0 heterocycles. The summed E-state index contributed by atoms with van der Waals surface area (Å²) in [7, 11) is 0. The lowest BCUT2D eigenvalue weighted by atomic mass is 9.89. The Morgan fingerprint density at radius 3 is 2.92 bits per heavy atom. The molecule has 0 aliphatic heterocycles. The highest BCUT2D eigenvalue weighted by Gasteiger charge is 2.19. The smallest absolute Gasteiger partial charge is 0.247 e. The molecule has 2 unspecified atom stereocenters. The van der Waals surface area contributed by atoms with Crippen LogP contribution in [-0.2, 0) is 9.53 Å². The number of carbonyl (C=O) groups excluding carboxylic acids is 1. The fourth-order valence-corrected chi connectivity index (χ4v) is 1.78. The van der Waals surface area contributed by atoms with Crippen LogP contribution in [0.1, 0.15) is 32.6 Å². The Morgan fingerprint density at radius 1 is 1.58 bits per heavy atom. The number of ether oxygens (including phenoxy) is 1. The van der Waals surface area contributed by atoms with Crippen LogP contribution in [0.3, 0.4) is 0 Å². The Morgan fingerprint density at radius 2 is 2.33 bits per heavy atom. The molecule has 0 aromatic carbocycles. The topological polar surface area (TPSA) is 26.3 Å². The van der Waals surface area contributed by atoms with Gasteiger partial charge < -0.3 is 4.74 Å². The number of hydrogen-bond acceptors (Lipinski definition) is 2. The van der Waals surface area contributed by atoms with Crippen LogP contribution in [0.5, 0.6) is 0 Å². The van der Waals surface area contributed by atoms with E-state index in [0.717, 1.165) is 18.8 Å². The Labute approximate surface area is 78.2 Å². The van der Waals surface area contributed by atoms with E-state index in [-0.39, 0.29) is 12.7 Å². The van der Waals surface area contributed by atoms with Gasteiger partial charge in [-0.25, -0.2) is 0 Å². The molecule has 0 radical (unpaired) electrons. The van der Waals surface area contributed by atoms with E-state index in [1.807, 2.05) is 0 Å². The second-order valence-corrected chi connectivity index (χ2v) is 3.98. The highest BCUT2D eigenvalue weighted by atomic mass is 35.5. The van der Waals surface area contributed by atoms with Gasteiger partial charge in [-0.2, -0.15) is 0 Å². The van der Waals surface area contributed by atoms with Gasteiger partial charge in [0.05, 0.1) is 6.10 Å². The largest absolute Gasteiger partial charge is 0.369 e. The van der Waals surface area contributed by atoms with Gasteiger partial charge in [-0.1, -0.05) is 19.8 Å². The van der Waals surface area contributed by atoms with Crippen molar-refractivity contribution in [2.75, 3.05) is 6.61 Å². The normalized spacial score (nSPS) is 30.2. The molecule has 12 heavy (non-hydrogen) atoms. The molecule has 1 rings (SSSR count). The second kappa shape index (κ2) is 4.83. The Hall–Kier alpha value is -0.0800. The molecule has 3 heteroatoms. The minimum absolute atomic E-state index is 0.0684. The van der Waals surface area contributed by atoms with Crippen molar-refractivity contribution in [3.05, 3.63) is 0 Å². The van der Waals surface area contributed by atoms with E-state index in [0.29, 0.717) is 0 Å². The van der Waals surface area contributed by atoms with Crippen molar-refractivity contribution in [3.63, 3.8) is 0 Å². The average molecular weight is 191 g/mol. The van der Waals surface area contributed by atoms with Crippen LogP contribution in [0.15, 0.2) is 0 Å². The van der Waals surface area contributed by atoms with Crippen molar-refractivity contribution in [1.29, 1.82) is 0 Å². The van der Waals surface area contributed by atoms with Crippen LogP contribution >= 0.6 is 11.6 Å². The van der Waals surface area contributed by atoms with Crippen LogP contribution in [0.4, 0.5) is 0 Å². The first-order valence-corrected chi connectivity index (χ1v) is 4.86. The zero-order valence-corrected chi connectivity index (χ0v) is 8.14. The molecule has 70 valence electrons. The molecular weight excluding hydrogens is 176 g/mol. The van der Waals surface area contributed by atoms with Gasteiger partial charge in [0.15, 0.2) is 0 Å². The summed E-state index contributed by atoms with van der Waals surface area (Å²) in [6.07, 6.45) is 4.91. The van der Waals surface area contributed by atoms with Gasteiger partial charge in [-0.05, 0) is 30.4 Å². The molecule has 1 aliphatic carbocycles. The summed E-state index contributed by atoms with van der Waals surface area (Å²) in [6, 6.07) is 0. The first-order chi connectivity index (χ1) is 5.68. The van der Waals surface area contributed by atoms with Crippen LogP contribution < -0.4 is 0 Å². The molecular formula is C9H15ClO2. The van der Waals surface area contributed by atoms with Gasteiger partial charge in [0, 0.05) is 0 Å². The first kappa shape index (κ1) is 10.0. The zero-order chi connectivity index (χ0) is 8.97. The number of carbonyl (C=O) groups is 1. The van der Waals surface area contributed by atoms with Gasteiger partial charge >= 0.3 is 0 Å². The molecule has 2 atom stereocenters. The van der Waals surface area contributed by atoms with Gasteiger partial charge in [0.2, 0.25) is 5.24 Å². The van der Waals surface area contributed by atoms with Crippen LogP contribution in [0.2, 0.25) is 0 Å². The molecule has 0 bridgehead atoms. The number of hydrogen-bond donors (Lipinski definition) is 0. The molecule has 1 saturated carbocycles. The van der Waals surface area contributed by atoms with Crippen LogP contribution in [-0.4, -0.2) is 18.0 Å². The van der Waals surface area contributed by atoms with Gasteiger partial charge in [-0.15, -0.1) is 0 Å². The van der Waals surface area contributed by atoms with E-state index in [1.54, 1.807) is 0 Å². The third-order valence-electron chi connectivity index (χ3n) is 2.32. The highest BCUT2D eigenvalue weighted by Crippen LogP contribution is 2.25. The fraction of sp³-hybridized carbons (Fsp3) is 0.889. The van der Waals surface area contributed by atoms with E-state index >= 15 is 0 Å². The van der Waals surface area contributed by atoms with Crippen molar-refractivity contribution in [2.45, 2.75) is 38.7 Å². The predicted molar refractivity (Wildman–Crippen MR) is 48.2 cm³/mol. The van der Waals surface area contributed by atoms with E-state index in [2.05, 4.69) is 6.92 Å². The van der Waals surface area contributed by atoms with Gasteiger partial charge in [0.25, 0.3) is 0 Å². The predicted octanol–water partition coefficient (Wildman–Crippen LogP) is 2.35. The van der Waals surface area contributed by atoms with E-state index in [1.165, 1.54) is 12.8 Å². The summed E-state index contributed by atoms with van der Waals surface area (Å²) in [5, 5.41) is -0.395. The van der Waals surface area contributed by atoms with E-state index in [9.17, 15) is 4.79 Å². The summed E-state index contributed by atoms with van der Waals surface area (Å²) in [4.78, 5) is 10.4. The highest BCUT2D eigenvalue weighted by molar-refractivity contribution is 6.63. The minimum Gasteiger partial charge on any atom is -0.369 e. The van der Waals surface area contributed by atoms with E-state index in [4.69, 9.17) is 16.3 Å². The molecule has 1 aliphatic rings. The molecule has 2 nitrogen and oxygen atoms in total. The monoisotopic (exact) mass is 190 g/mol. The average Bonchev–Trinajstić information content (AvgIpc) is 2.01. The van der Waals surface area contributed by atoms with E-state index < -0.39 is 5.24 Å². The molecule has 0 amide bonds. The summed E-state index contributed by atoms with van der Waals surface area (Å²) >= 11 is 5.17. The zero-order valence-electron chi connectivity index (χ0n) is 7.38. The molecule has 1 fully saturated rings. The van der Waals surface area contributed by atoms with Crippen molar-refractivity contribution >= 4 is 16.8 Å². The minimum atomic E-state index is -0.395. The van der Waals surface area contributed by atoms with Crippen molar-refractivity contribution in [3.8, 4) is 0 Å². The third-order valence-corrected chi connectivity index (χ3v) is 2.43. The molecule has 0 aromatic heterocycles.